The Hall–Kier alpha value is -1.67. The molecule has 2 rings (SSSR count). The van der Waals surface area contributed by atoms with Crippen LogP contribution in [-0.4, -0.2) is 14.2 Å². The number of hydrogen-bond acceptors (Lipinski definition) is 2. The number of benzene rings is 2. The summed E-state index contributed by atoms with van der Waals surface area (Å²) in [7, 11) is 3.30. The second-order valence-corrected chi connectivity index (χ2v) is 4.35. The SMILES string of the molecule is COc1ccc(Cc2ccccc2Cl)c(OC)c1. The van der Waals surface area contributed by atoms with E-state index in [1.165, 1.54) is 0 Å². The summed E-state index contributed by atoms with van der Waals surface area (Å²) in [6, 6.07) is 13.6. The highest BCUT2D eigenvalue weighted by atomic mass is 35.5. The quantitative estimate of drug-likeness (QED) is 0.831. The van der Waals surface area contributed by atoms with Gasteiger partial charge in [-0.1, -0.05) is 35.9 Å². The smallest absolute Gasteiger partial charge is 0.126 e. The zero-order valence-electron chi connectivity index (χ0n) is 10.4. The summed E-state index contributed by atoms with van der Waals surface area (Å²) in [5.41, 5.74) is 2.18. The number of ether oxygens (including phenoxy) is 2. The molecule has 0 fully saturated rings. The molecular formula is C15H15ClO2. The van der Waals surface area contributed by atoms with Crippen molar-refractivity contribution >= 4 is 11.6 Å². The molecule has 0 radical (unpaired) electrons. The molecule has 0 aliphatic heterocycles. The van der Waals surface area contributed by atoms with E-state index in [4.69, 9.17) is 21.1 Å². The molecule has 0 heterocycles. The van der Waals surface area contributed by atoms with Crippen molar-refractivity contribution in [1.29, 1.82) is 0 Å². The molecule has 2 aromatic carbocycles. The highest BCUT2D eigenvalue weighted by Gasteiger charge is 2.07. The maximum Gasteiger partial charge on any atom is 0.126 e. The Morgan fingerprint density at radius 1 is 0.944 bits per heavy atom. The van der Waals surface area contributed by atoms with Crippen LogP contribution in [0.5, 0.6) is 11.5 Å². The van der Waals surface area contributed by atoms with Crippen molar-refractivity contribution in [2.24, 2.45) is 0 Å². The lowest BCUT2D eigenvalue weighted by Gasteiger charge is -2.11. The zero-order chi connectivity index (χ0) is 13.0. The van der Waals surface area contributed by atoms with Crippen LogP contribution in [0.15, 0.2) is 42.5 Å². The lowest BCUT2D eigenvalue weighted by molar-refractivity contribution is 0.391. The molecule has 0 N–H and O–H groups in total. The molecule has 94 valence electrons. The zero-order valence-corrected chi connectivity index (χ0v) is 11.2. The van der Waals surface area contributed by atoms with Gasteiger partial charge in [-0.2, -0.15) is 0 Å². The van der Waals surface area contributed by atoms with Gasteiger partial charge in [0.05, 0.1) is 14.2 Å². The summed E-state index contributed by atoms with van der Waals surface area (Å²) in [6.07, 6.45) is 0.743. The summed E-state index contributed by atoms with van der Waals surface area (Å²) >= 11 is 6.16. The average molecular weight is 263 g/mol. The Labute approximate surface area is 112 Å². The first kappa shape index (κ1) is 12.8. The van der Waals surface area contributed by atoms with Gasteiger partial charge < -0.3 is 9.47 Å². The van der Waals surface area contributed by atoms with Crippen LogP contribution in [-0.2, 0) is 6.42 Å². The van der Waals surface area contributed by atoms with E-state index in [-0.39, 0.29) is 0 Å². The highest BCUT2D eigenvalue weighted by Crippen LogP contribution is 2.28. The number of methoxy groups -OCH3 is 2. The van der Waals surface area contributed by atoms with E-state index in [1.54, 1.807) is 14.2 Å². The first-order chi connectivity index (χ1) is 8.74. The molecule has 0 aromatic heterocycles. The van der Waals surface area contributed by atoms with Gasteiger partial charge in [-0.3, -0.25) is 0 Å². The lowest BCUT2D eigenvalue weighted by Crippen LogP contribution is -1.95. The maximum atomic E-state index is 6.16. The molecule has 0 saturated carbocycles. The van der Waals surface area contributed by atoms with Gasteiger partial charge in [0.15, 0.2) is 0 Å². The van der Waals surface area contributed by atoms with Gasteiger partial charge in [-0.25, -0.2) is 0 Å². The lowest BCUT2D eigenvalue weighted by atomic mass is 10.0. The minimum absolute atomic E-state index is 0.743. The van der Waals surface area contributed by atoms with Gasteiger partial charge in [0.2, 0.25) is 0 Å². The molecule has 3 heteroatoms. The van der Waals surface area contributed by atoms with E-state index in [1.807, 2.05) is 42.5 Å². The Morgan fingerprint density at radius 2 is 1.72 bits per heavy atom. The molecule has 0 atom stereocenters. The summed E-state index contributed by atoms with van der Waals surface area (Å²) < 4.78 is 10.6. The van der Waals surface area contributed by atoms with E-state index in [9.17, 15) is 0 Å². The molecule has 0 amide bonds. The van der Waals surface area contributed by atoms with Crippen molar-refractivity contribution in [3.63, 3.8) is 0 Å². The first-order valence-corrected chi connectivity index (χ1v) is 6.06. The van der Waals surface area contributed by atoms with Crippen molar-refractivity contribution < 1.29 is 9.47 Å². The Bertz CT molecular complexity index is 538. The van der Waals surface area contributed by atoms with Crippen LogP contribution in [0.4, 0.5) is 0 Å². The maximum absolute atomic E-state index is 6.16. The molecule has 2 nitrogen and oxygen atoms in total. The third-order valence-corrected chi connectivity index (χ3v) is 3.20. The normalized spacial score (nSPS) is 10.2. The Balaban J connectivity index is 2.32. The first-order valence-electron chi connectivity index (χ1n) is 5.69. The van der Waals surface area contributed by atoms with Crippen molar-refractivity contribution in [2.75, 3.05) is 14.2 Å². The minimum Gasteiger partial charge on any atom is -0.497 e. The fraction of sp³-hybridized carbons (Fsp3) is 0.200. The van der Waals surface area contributed by atoms with Crippen LogP contribution in [0.25, 0.3) is 0 Å². The molecule has 0 bridgehead atoms. The van der Waals surface area contributed by atoms with Gasteiger partial charge in [0, 0.05) is 17.5 Å². The molecular weight excluding hydrogens is 248 g/mol. The summed E-state index contributed by atoms with van der Waals surface area (Å²) in [6.45, 7) is 0. The largest absolute Gasteiger partial charge is 0.497 e. The average Bonchev–Trinajstić information content (AvgIpc) is 2.41. The monoisotopic (exact) mass is 262 g/mol. The second-order valence-electron chi connectivity index (χ2n) is 3.95. The highest BCUT2D eigenvalue weighted by molar-refractivity contribution is 6.31. The van der Waals surface area contributed by atoms with Crippen LogP contribution in [0.2, 0.25) is 5.02 Å². The molecule has 0 unspecified atom stereocenters. The predicted octanol–water partition coefficient (Wildman–Crippen LogP) is 3.95. The second kappa shape index (κ2) is 5.78. The van der Waals surface area contributed by atoms with Crippen molar-refractivity contribution in [2.45, 2.75) is 6.42 Å². The number of rotatable bonds is 4. The minimum atomic E-state index is 0.743. The summed E-state index contributed by atoms with van der Waals surface area (Å²) in [5.74, 6) is 1.60. The fourth-order valence-corrected chi connectivity index (χ4v) is 2.05. The van der Waals surface area contributed by atoms with Crippen LogP contribution in [0.1, 0.15) is 11.1 Å². The van der Waals surface area contributed by atoms with E-state index in [2.05, 4.69) is 0 Å². The Kier molecular flexibility index (Phi) is 4.11. The van der Waals surface area contributed by atoms with E-state index < -0.39 is 0 Å². The van der Waals surface area contributed by atoms with Crippen molar-refractivity contribution in [1.82, 2.24) is 0 Å². The molecule has 0 spiro atoms. The van der Waals surface area contributed by atoms with E-state index in [0.29, 0.717) is 0 Å². The Morgan fingerprint density at radius 3 is 2.39 bits per heavy atom. The van der Waals surface area contributed by atoms with Gasteiger partial charge in [-0.15, -0.1) is 0 Å². The number of halogens is 1. The van der Waals surface area contributed by atoms with Gasteiger partial charge in [-0.05, 0) is 23.3 Å². The van der Waals surface area contributed by atoms with Crippen molar-refractivity contribution in [3.05, 3.63) is 58.6 Å². The van der Waals surface area contributed by atoms with E-state index >= 15 is 0 Å². The summed E-state index contributed by atoms with van der Waals surface area (Å²) in [5, 5.41) is 0.773. The third-order valence-electron chi connectivity index (χ3n) is 2.83. The topological polar surface area (TPSA) is 18.5 Å². The molecule has 18 heavy (non-hydrogen) atoms. The van der Waals surface area contributed by atoms with Crippen LogP contribution >= 0.6 is 11.6 Å². The summed E-state index contributed by atoms with van der Waals surface area (Å²) in [4.78, 5) is 0. The van der Waals surface area contributed by atoms with Crippen LogP contribution in [0, 0.1) is 0 Å². The van der Waals surface area contributed by atoms with E-state index in [0.717, 1.165) is 34.1 Å². The fourth-order valence-electron chi connectivity index (χ4n) is 1.84. The van der Waals surface area contributed by atoms with Crippen LogP contribution in [0.3, 0.4) is 0 Å². The molecule has 0 aliphatic rings. The third kappa shape index (κ3) is 2.77. The molecule has 0 saturated heterocycles. The van der Waals surface area contributed by atoms with Gasteiger partial charge in [0.1, 0.15) is 11.5 Å². The molecule has 2 aromatic rings. The predicted molar refractivity (Wildman–Crippen MR) is 73.8 cm³/mol. The van der Waals surface area contributed by atoms with Gasteiger partial charge >= 0.3 is 0 Å². The molecule has 0 aliphatic carbocycles. The van der Waals surface area contributed by atoms with Crippen LogP contribution < -0.4 is 9.47 Å². The standard InChI is InChI=1S/C15H15ClO2/c1-17-13-8-7-12(15(10-13)18-2)9-11-5-3-4-6-14(11)16/h3-8,10H,9H2,1-2H3. The number of hydrogen-bond donors (Lipinski definition) is 0. The van der Waals surface area contributed by atoms with Gasteiger partial charge in [0.25, 0.3) is 0 Å². The van der Waals surface area contributed by atoms with Crippen molar-refractivity contribution in [3.8, 4) is 11.5 Å².